The highest BCUT2D eigenvalue weighted by molar-refractivity contribution is 7.93. The summed E-state index contributed by atoms with van der Waals surface area (Å²) in [7, 11) is 0. The molecule has 0 bridgehead atoms. The summed E-state index contributed by atoms with van der Waals surface area (Å²) in [6, 6.07) is 8.65. The summed E-state index contributed by atoms with van der Waals surface area (Å²) in [6.07, 6.45) is -0.640. The first-order chi connectivity index (χ1) is 10.7. The van der Waals surface area contributed by atoms with E-state index in [1.54, 1.807) is 51.1 Å². The van der Waals surface area contributed by atoms with Crippen molar-refractivity contribution >= 4 is 23.2 Å². The van der Waals surface area contributed by atoms with Crippen LogP contribution in [0.15, 0.2) is 35.2 Å². The lowest BCUT2D eigenvalue weighted by molar-refractivity contribution is -0.130. The molecule has 6 nitrogen and oxygen atoms in total. The first-order valence-corrected chi connectivity index (χ1v) is 8.57. The van der Waals surface area contributed by atoms with E-state index in [9.17, 15) is 14.1 Å². The smallest absolute Gasteiger partial charge is 0.414 e. The molecule has 0 aromatic heterocycles. The lowest BCUT2D eigenvalue weighted by Crippen LogP contribution is -2.68. The summed E-state index contributed by atoms with van der Waals surface area (Å²) in [5, 5.41) is 2.69. The zero-order chi connectivity index (χ0) is 17.3. The van der Waals surface area contributed by atoms with Gasteiger partial charge in [0.15, 0.2) is 4.90 Å². The third-order valence-corrected chi connectivity index (χ3v) is 5.32. The van der Waals surface area contributed by atoms with Gasteiger partial charge in [-0.3, -0.25) is 4.79 Å². The molecule has 0 aliphatic carbocycles. The molecule has 2 atom stereocenters. The average molecular weight is 338 g/mol. The van der Waals surface area contributed by atoms with E-state index >= 15 is 0 Å². The van der Waals surface area contributed by atoms with E-state index in [0.29, 0.717) is 11.4 Å². The number of rotatable bonds is 2. The Kier molecular flexibility index (Phi) is 4.91. The minimum atomic E-state index is -1.73. The highest BCUT2D eigenvalue weighted by atomic mass is 32.2. The third kappa shape index (κ3) is 3.61. The number of ether oxygens (including phenoxy) is 1. The molecule has 2 unspecified atom stereocenters. The summed E-state index contributed by atoms with van der Waals surface area (Å²) in [6.45, 7) is 7.31. The molecule has 1 heterocycles. The molecule has 1 aromatic rings. The molecule has 0 spiro atoms. The molecule has 1 aliphatic heterocycles. The Morgan fingerprint density at radius 3 is 2.52 bits per heavy atom. The van der Waals surface area contributed by atoms with Crippen molar-refractivity contribution in [2.75, 3.05) is 13.1 Å². The predicted octanol–water partition coefficient (Wildman–Crippen LogP) is 1.88. The molecule has 1 aliphatic rings. The van der Waals surface area contributed by atoms with Crippen LogP contribution in [0.2, 0.25) is 0 Å². The molecule has 0 saturated carbocycles. The number of hydrogen-bond acceptors (Lipinski definition) is 4. The molecule has 2 amide bonds. The van der Waals surface area contributed by atoms with E-state index in [4.69, 9.17) is 4.74 Å². The van der Waals surface area contributed by atoms with Gasteiger partial charge in [0.25, 0.3) is 10.8 Å². The Morgan fingerprint density at radius 1 is 1.35 bits per heavy atom. The summed E-state index contributed by atoms with van der Waals surface area (Å²) >= 11 is -1.73. The van der Waals surface area contributed by atoms with Crippen LogP contribution in [0.5, 0.6) is 0 Å². The highest BCUT2D eigenvalue weighted by Gasteiger charge is 2.56. The number of nitrogens with one attached hydrogen (secondary N) is 1. The second-order valence-electron chi connectivity index (χ2n) is 6.45. The zero-order valence-electron chi connectivity index (χ0n) is 13.8. The standard InChI is InChI=1S/C16H22N2O4S/c1-15(2,3)22-14(20)18-11-10-17-13(19)16(18,4)23(21)12-8-6-5-7-9-12/h5-9H,10-11H2,1-4H3,(H,17,19). The van der Waals surface area contributed by atoms with Crippen molar-refractivity contribution in [3.05, 3.63) is 30.3 Å². The molecule has 1 fully saturated rings. The Labute approximate surface area is 139 Å². The first-order valence-electron chi connectivity index (χ1n) is 7.42. The Hall–Kier alpha value is -1.73. The van der Waals surface area contributed by atoms with Crippen LogP contribution >= 0.6 is 0 Å². The van der Waals surface area contributed by atoms with Crippen LogP contribution in [-0.2, 0) is 20.7 Å². The largest absolute Gasteiger partial charge is 0.609 e. The van der Waals surface area contributed by atoms with Crippen molar-refractivity contribution in [2.45, 2.75) is 43.1 Å². The SMILES string of the molecule is CC(C)(C)OC(=O)N1CCNC(=O)C1(C)[S+]([O-])c1ccccc1. The topological polar surface area (TPSA) is 81.7 Å². The number of benzene rings is 1. The quantitative estimate of drug-likeness (QED) is 0.835. The van der Waals surface area contributed by atoms with E-state index in [0.717, 1.165) is 0 Å². The molecule has 7 heteroatoms. The molecular formula is C16H22N2O4S. The van der Waals surface area contributed by atoms with E-state index in [-0.39, 0.29) is 6.54 Å². The second kappa shape index (κ2) is 6.41. The first kappa shape index (κ1) is 17.6. The fourth-order valence-electron chi connectivity index (χ4n) is 2.32. The molecule has 1 aromatic carbocycles. The van der Waals surface area contributed by atoms with Crippen LogP contribution < -0.4 is 5.32 Å². The van der Waals surface area contributed by atoms with E-state index in [1.165, 1.54) is 11.8 Å². The number of piperazine rings is 1. The fraction of sp³-hybridized carbons (Fsp3) is 0.500. The number of amides is 2. The normalized spacial score (nSPS) is 23.2. The number of carbonyl (C=O) groups is 2. The maximum Gasteiger partial charge on any atom is 0.414 e. The van der Waals surface area contributed by atoms with E-state index in [2.05, 4.69) is 5.32 Å². The van der Waals surface area contributed by atoms with Crippen molar-refractivity contribution in [3.8, 4) is 0 Å². The van der Waals surface area contributed by atoms with Gasteiger partial charge in [0.2, 0.25) is 0 Å². The van der Waals surface area contributed by atoms with Gasteiger partial charge >= 0.3 is 6.09 Å². The number of hydrogen-bond donors (Lipinski definition) is 1. The lowest BCUT2D eigenvalue weighted by Gasteiger charge is -2.42. The van der Waals surface area contributed by atoms with Gasteiger partial charge in [-0.2, -0.15) is 0 Å². The summed E-state index contributed by atoms with van der Waals surface area (Å²) < 4.78 is 18.4. The van der Waals surface area contributed by atoms with Gasteiger partial charge in [0, 0.05) is 31.2 Å². The summed E-state index contributed by atoms with van der Waals surface area (Å²) in [5.41, 5.74) is -0.694. The lowest BCUT2D eigenvalue weighted by atomic mass is 10.2. The maximum absolute atomic E-state index is 13.0. The van der Waals surface area contributed by atoms with Gasteiger partial charge in [0.1, 0.15) is 5.60 Å². The van der Waals surface area contributed by atoms with Gasteiger partial charge in [0.05, 0.1) is 0 Å². The molecule has 23 heavy (non-hydrogen) atoms. The summed E-state index contributed by atoms with van der Waals surface area (Å²) in [4.78, 5) is 25.2. The van der Waals surface area contributed by atoms with Crippen LogP contribution in [-0.4, -0.2) is 45.0 Å². The van der Waals surface area contributed by atoms with Crippen LogP contribution in [0.4, 0.5) is 4.79 Å². The molecule has 126 valence electrons. The molecule has 1 saturated heterocycles. The van der Waals surface area contributed by atoms with Gasteiger partial charge in [-0.1, -0.05) is 18.2 Å². The Morgan fingerprint density at radius 2 is 1.96 bits per heavy atom. The highest BCUT2D eigenvalue weighted by Crippen LogP contribution is 2.32. The number of carbonyl (C=O) groups excluding carboxylic acids is 2. The van der Waals surface area contributed by atoms with Crippen molar-refractivity contribution in [1.82, 2.24) is 10.2 Å². The van der Waals surface area contributed by atoms with Crippen LogP contribution in [0, 0.1) is 0 Å². The third-order valence-electron chi connectivity index (χ3n) is 3.49. The minimum absolute atomic E-state index is 0.246. The van der Waals surface area contributed by atoms with Crippen molar-refractivity contribution < 1.29 is 18.9 Å². The van der Waals surface area contributed by atoms with Crippen LogP contribution in [0.3, 0.4) is 0 Å². The van der Waals surface area contributed by atoms with E-state index in [1.807, 2.05) is 0 Å². The molecule has 2 rings (SSSR count). The van der Waals surface area contributed by atoms with E-state index < -0.39 is 33.6 Å². The van der Waals surface area contributed by atoms with Crippen LogP contribution in [0.25, 0.3) is 0 Å². The fourth-order valence-corrected chi connectivity index (χ4v) is 3.79. The Balaban J connectivity index is 2.36. The Bertz CT molecular complexity index is 587. The van der Waals surface area contributed by atoms with Crippen molar-refractivity contribution in [3.63, 3.8) is 0 Å². The van der Waals surface area contributed by atoms with Gasteiger partial charge in [-0.05, 0) is 32.9 Å². The van der Waals surface area contributed by atoms with Crippen LogP contribution in [0.1, 0.15) is 27.7 Å². The second-order valence-corrected chi connectivity index (χ2v) is 8.26. The molecule has 0 radical (unpaired) electrons. The summed E-state index contributed by atoms with van der Waals surface area (Å²) in [5.74, 6) is -0.447. The minimum Gasteiger partial charge on any atom is -0.609 e. The van der Waals surface area contributed by atoms with Gasteiger partial charge < -0.3 is 14.6 Å². The van der Waals surface area contributed by atoms with Crippen molar-refractivity contribution in [2.24, 2.45) is 0 Å². The average Bonchev–Trinajstić information content (AvgIpc) is 2.48. The van der Waals surface area contributed by atoms with Gasteiger partial charge in [-0.15, -0.1) is 0 Å². The molecule has 1 N–H and O–H groups in total. The van der Waals surface area contributed by atoms with Crippen molar-refractivity contribution in [1.29, 1.82) is 0 Å². The van der Waals surface area contributed by atoms with Gasteiger partial charge in [-0.25, -0.2) is 9.69 Å². The maximum atomic E-state index is 13.0. The number of nitrogens with zero attached hydrogens (tertiary/aromatic N) is 1. The zero-order valence-corrected chi connectivity index (χ0v) is 14.6. The molecular weight excluding hydrogens is 316 g/mol. The monoisotopic (exact) mass is 338 g/mol. The predicted molar refractivity (Wildman–Crippen MR) is 87.2 cm³/mol.